The van der Waals surface area contributed by atoms with E-state index in [1.807, 2.05) is 25.1 Å². The third-order valence-corrected chi connectivity index (χ3v) is 6.11. The molecule has 3 aromatic rings. The predicted octanol–water partition coefficient (Wildman–Crippen LogP) is 2.63. The van der Waals surface area contributed by atoms with Crippen molar-refractivity contribution in [3.8, 4) is 5.75 Å². The first-order chi connectivity index (χ1) is 14.4. The predicted molar refractivity (Wildman–Crippen MR) is 116 cm³/mol. The Kier molecular flexibility index (Phi) is 6.80. The van der Waals surface area contributed by atoms with Crippen LogP contribution in [0.25, 0.3) is 0 Å². The van der Waals surface area contributed by atoms with Gasteiger partial charge in [0.25, 0.3) is 0 Å². The van der Waals surface area contributed by atoms with Crippen LogP contribution >= 0.6 is 0 Å². The lowest BCUT2D eigenvalue weighted by Crippen LogP contribution is -2.29. The monoisotopic (exact) mass is 428 g/mol. The van der Waals surface area contributed by atoms with Crippen LogP contribution in [0.1, 0.15) is 11.1 Å². The van der Waals surface area contributed by atoms with Crippen LogP contribution in [0.5, 0.6) is 5.75 Å². The molecule has 10 heteroatoms. The summed E-state index contributed by atoms with van der Waals surface area (Å²) in [5.41, 5.74) is 1.46. The Morgan fingerprint density at radius 3 is 2.33 bits per heavy atom. The SMILES string of the molecule is COc1ccc(S(=O)(=O)NCCNc2ccc(Nc3ccccn3)nn2)c(C)c1C. The van der Waals surface area contributed by atoms with Gasteiger partial charge in [0.2, 0.25) is 10.0 Å². The zero-order chi connectivity index (χ0) is 21.6. The van der Waals surface area contributed by atoms with Gasteiger partial charge in [0.05, 0.1) is 12.0 Å². The molecule has 0 amide bonds. The second kappa shape index (κ2) is 9.51. The first kappa shape index (κ1) is 21.5. The first-order valence-corrected chi connectivity index (χ1v) is 10.8. The molecule has 0 radical (unpaired) electrons. The molecular formula is C20H24N6O3S. The van der Waals surface area contributed by atoms with Crippen LogP contribution in [0.4, 0.5) is 17.5 Å². The maximum atomic E-state index is 12.6. The van der Waals surface area contributed by atoms with Crippen molar-refractivity contribution in [2.45, 2.75) is 18.7 Å². The smallest absolute Gasteiger partial charge is 0.240 e. The zero-order valence-corrected chi connectivity index (χ0v) is 17.8. The van der Waals surface area contributed by atoms with Crippen molar-refractivity contribution in [2.24, 2.45) is 0 Å². The highest BCUT2D eigenvalue weighted by Gasteiger charge is 2.18. The van der Waals surface area contributed by atoms with Gasteiger partial charge in [0.1, 0.15) is 17.4 Å². The molecule has 3 N–H and O–H groups in total. The fourth-order valence-electron chi connectivity index (χ4n) is 2.80. The van der Waals surface area contributed by atoms with E-state index < -0.39 is 10.0 Å². The number of pyridine rings is 1. The highest BCUT2D eigenvalue weighted by Crippen LogP contribution is 2.26. The molecule has 0 saturated heterocycles. The van der Waals surface area contributed by atoms with Crippen LogP contribution in [-0.2, 0) is 10.0 Å². The number of aromatic nitrogens is 3. The molecule has 1 aromatic carbocycles. The van der Waals surface area contributed by atoms with Crippen LogP contribution in [0, 0.1) is 13.8 Å². The standard InChI is InChI=1S/C20H24N6O3S/c1-14-15(2)17(8-7-16(14)29-3)30(27,28)23-13-12-22-19-9-10-20(26-25-19)24-18-6-4-5-11-21-18/h4-11,23H,12-13H2,1-3H3,(H,22,25)(H,21,24,26). The number of nitrogens with one attached hydrogen (secondary N) is 3. The van der Waals surface area contributed by atoms with Crippen molar-refractivity contribution in [2.75, 3.05) is 30.8 Å². The van der Waals surface area contributed by atoms with Crippen molar-refractivity contribution in [3.63, 3.8) is 0 Å². The van der Waals surface area contributed by atoms with Crippen molar-refractivity contribution >= 4 is 27.5 Å². The topological polar surface area (TPSA) is 118 Å². The molecule has 0 aliphatic heterocycles. The van der Waals surface area contributed by atoms with Gasteiger partial charge in [-0.25, -0.2) is 18.1 Å². The summed E-state index contributed by atoms with van der Waals surface area (Å²) >= 11 is 0. The minimum atomic E-state index is -3.63. The van der Waals surface area contributed by atoms with E-state index >= 15 is 0 Å². The molecule has 0 spiro atoms. The van der Waals surface area contributed by atoms with E-state index in [9.17, 15) is 8.42 Å². The number of sulfonamides is 1. The number of benzene rings is 1. The first-order valence-electron chi connectivity index (χ1n) is 9.30. The third kappa shape index (κ3) is 5.22. The molecular weight excluding hydrogens is 404 g/mol. The second-order valence-electron chi connectivity index (χ2n) is 6.48. The number of hydrogen-bond acceptors (Lipinski definition) is 8. The normalized spacial score (nSPS) is 11.2. The molecule has 0 saturated carbocycles. The summed E-state index contributed by atoms with van der Waals surface area (Å²) in [6.07, 6.45) is 1.68. The van der Waals surface area contributed by atoms with Crippen LogP contribution in [0.15, 0.2) is 53.6 Å². The van der Waals surface area contributed by atoms with Gasteiger partial charge in [-0.3, -0.25) is 0 Å². The van der Waals surface area contributed by atoms with Crippen molar-refractivity contribution in [3.05, 3.63) is 59.8 Å². The lowest BCUT2D eigenvalue weighted by Gasteiger charge is -2.14. The summed E-state index contributed by atoms with van der Waals surface area (Å²) in [6, 6.07) is 12.2. The lowest BCUT2D eigenvalue weighted by atomic mass is 10.1. The van der Waals surface area contributed by atoms with E-state index in [-0.39, 0.29) is 11.4 Å². The quantitative estimate of drug-likeness (QED) is 0.445. The summed E-state index contributed by atoms with van der Waals surface area (Å²) in [5, 5.41) is 14.2. The molecule has 0 unspecified atom stereocenters. The number of rotatable bonds is 9. The number of ether oxygens (including phenoxy) is 1. The molecule has 0 atom stereocenters. The minimum Gasteiger partial charge on any atom is -0.496 e. The summed E-state index contributed by atoms with van der Waals surface area (Å²) < 4.78 is 33.1. The van der Waals surface area contributed by atoms with E-state index in [4.69, 9.17) is 4.74 Å². The summed E-state index contributed by atoms with van der Waals surface area (Å²) in [7, 11) is -2.07. The molecule has 9 nitrogen and oxygen atoms in total. The fraction of sp³-hybridized carbons (Fsp3) is 0.250. The van der Waals surface area contributed by atoms with Crippen LogP contribution in [0.2, 0.25) is 0 Å². The molecule has 30 heavy (non-hydrogen) atoms. The molecule has 0 aliphatic carbocycles. The summed E-state index contributed by atoms with van der Waals surface area (Å²) in [4.78, 5) is 4.40. The van der Waals surface area contributed by atoms with Gasteiger partial charge in [0.15, 0.2) is 5.82 Å². The summed E-state index contributed by atoms with van der Waals surface area (Å²) in [6.45, 7) is 4.15. The fourth-order valence-corrected chi connectivity index (χ4v) is 4.13. The van der Waals surface area contributed by atoms with Crippen molar-refractivity contribution in [1.82, 2.24) is 19.9 Å². The number of hydrogen-bond donors (Lipinski definition) is 3. The van der Waals surface area contributed by atoms with E-state index in [0.717, 1.165) is 5.56 Å². The van der Waals surface area contributed by atoms with E-state index in [1.165, 1.54) is 0 Å². The van der Waals surface area contributed by atoms with Gasteiger partial charge in [-0.05, 0) is 61.4 Å². The lowest BCUT2D eigenvalue weighted by molar-refractivity contribution is 0.410. The molecule has 0 fully saturated rings. The molecule has 2 heterocycles. The average molecular weight is 429 g/mol. The minimum absolute atomic E-state index is 0.197. The summed E-state index contributed by atoms with van der Waals surface area (Å²) in [5.74, 6) is 2.43. The van der Waals surface area contributed by atoms with Crippen LogP contribution in [-0.4, -0.2) is 43.8 Å². The largest absolute Gasteiger partial charge is 0.496 e. The van der Waals surface area contributed by atoms with E-state index in [2.05, 4.69) is 30.5 Å². The van der Waals surface area contributed by atoms with Gasteiger partial charge in [-0.2, -0.15) is 0 Å². The van der Waals surface area contributed by atoms with Crippen molar-refractivity contribution < 1.29 is 13.2 Å². The van der Waals surface area contributed by atoms with Crippen LogP contribution in [0.3, 0.4) is 0 Å². The molecule has 158 valence electrons. The Balaban J connectivity index is 1.52. The third-order valence-electron chi connectivity index (χ3n) is 4.51. The highest BCUT2D eigenvalue weighted by molar-refractivity contribution is 7.89. The van der Waals surface area contributed by atoms with E-state index in [0.29, 0.717) is 35.3 Å². The molecule has 0 aliphatic rings. The number of anilines is 3. The van der Waals surface area contributed by atoms with Gasteiger partial charge in [-0.1, -0.05) is 6.07 Å². The average Bonchev–Trinajstić information content (AvgIpc) is 2.75. The van der Waals surface area contributed by atoms with Crippen LogP contribution < -0.4 is 20.1 Å². The Morgan fingerprint density at radius 2 is 1.67 bits per heavy atom. The second-order valence-corrected chi connectivity index (χ2v) is 8.22. The van der Waals surface area contributed by atoms with Crippen molar-refractivity contribution in [1.29, 1.82) is 0 Å². The number of methoxy groups -OCH3 is 1. The number of nitrogens with zero attached hydrogens (tertiary/aromatic N) is 3. The maximum absolute atomic E-state index is 12.6. The molecule has 3 rings (SSSR count). The maximum Gasteiger partial charge on any atom is 0.240 e. The van der Waals surface area contributed by atoms with Gasteiger partial charge in [0, 0.05) is 19.3 Å². The van der Waals surface area contributed by atoms with Gasteiger partial charge < -0.3 is 15.4 Å². The Bertz CT molecular complexity index is 1090. The van der Waals surface area contributed by atoms with E-state index in [1.54, 1.807) is 44.5 Å². The zero-order valence-electron chi connectivity index (χ0n) is 17.0. The molecule has 0 bridgehead atoms. The Morgan fingerprint density at radius 1 is 0.900 bits per heavy atom. The Hall–Kier alpha value is -3.24. The highest BCUT2D eigenvalue weighted by atomic mass is 32.2. The molecule has 2 aromatic heterocycles. The van der Waals surface area contributed by atoms with Gasteiger partial charge >= 0.3 is 0 Å². The Labute approximate surface area is 176 Å². The van der Waals surface area contributed by atoms with Gasteiger partial charge in [-0.15, -0.1) is 10.2 Å².